The molecule has 12 heteroatoms. The lowest BCUT2D eigenvalue weighted by molar-refractivity contribution is -0.128. The SMILES string of the molecule is C=CC(=O)N1CC2CN(C)c3c(c4cc(Cl)c(-c5c(C)ccc6[nH]cnc56)c(F)c4n(-c4c(C(C)C)ncnc4C(C)C)c3=O)N2CC1C. The van der Waals surface area contributed by atoms with Crippen LogP contribution in [-0.2, 0) is 4.79 Å². The summed E-state index contributed by atoms with van der Waals surface area (Å²) >= 11 is 7.16. The second kappa shape index (κ2) is 12.0. The van der Waals surface area contributed by atoms with Crippen LogP contribution < -0.4 is 15.4 Å². The van der Waals surface area contributed by atoms with Crippen LogP contribution >= 0.6 is 11.6 Å². The number of hydrogen-bond donors (Lipinski definition) is 1. The number of piperazine rings is 1. The van der Waals surface area contributed by atoms with E-state index in [1.165, 1.54) is 17.0 Å². The summed E-state index contributed by atoms with van der Waals surface area (Å²) in [4.78, 5) is 50.9. The Hall–Kier alpha value is -4.77. The Morgan fingerprint density at radius 1 is 1.04 bits per heavy atom. The molecule has 0 bridgehead atoms. The van der Waals surface area contributed by atoms with Gasteiger partial charge in [0.25, 0.3) is 5.56 Å². The molecule has 2 aliphatic rings. The molecule has 5 aromatic rings. The Labute approximate surface area is 289 Å². The Morgan fingerprint density at radius 2 is 1.73 bits per heavy atom. The van der Waals surface area contributed by atoms with E-state index in [-0.39, 0.29) is 51.5 Å². The standard InChI is InChI=1S/C37H40ClFN8O2/c1-9-26(48)45-15-22-14-44(8)36-34(46(22)13-21(45)7)23-12-24(38)28(27-20(6)10-11-25-32(27)43-16-40-25)29(39)33(23)47(37(36)49)35-30(18(2)3)41-17-42-31(35)19(4)5/h9-12,16-19,21-22H,1,13-15H2,2-8H3,(H,40,43). The molecular formula is C37H40ClFN8O2. The summed E-state index contributed by atoms with van der Waals surface area (Å²) < 4.78 is 19.5. The first-order chi connectivity index (χ1) is 23.3. The van der Waals surface area contributed by atoms with Gasteiger partial charge in [0.15, 0.2) is 5.82 Å². The molecule has 5 heterocycles. The largest absolute Gasteiger partial charge is 0.366 e. The molecule has 49 heavy (non-hydrogen) atoms. The van der Waals surface area contributed by atoms with Gasteiger partial charge in [-0.3, -0.25) is 14.2 Å². The number of halogens is 2. The van der Waals surface area contributed by atoms with Gasteiger partial charge in [-0.2, -0.15) is 0 Å². The first-order valence-corrected chi connectivity index (χ1v) is 17.0. The number of rotatable bonds is 5. The van der Waals surface area contributed by atoms with Crippen molar-refractivity contribution in [2.45, 2.75) is 65.5 Å². The number of nitrogens with one attached hydrogen (secondary N) is 1. The molecule has 2 aromatic carbocycles. The van der Waals surface area contributed by atoms with E-state index in [0.29, 0.717) is 64.6 Å². The zero-order valence-corrected chi connectivity index (χ0v) is 29.6. The number of carbonyl (C=O) groups excluding carboxylic acids is 1. The number of carbonyl (C=O) groups is 1. The predicted molar refractivity (Wildman–Crippen MR) is 194 cm³/mol. The number of fused-ring (bicyclic) bond motifs is 6. The van der Waals surface area contributed by atoms with Gasteiger partial charge in [0.1, 0.15) is 12.0 Å². The molecule has 2 unspecified atom stereocenters. The molecule has 0 saturated carbocycles. The van der Waals surface area contributed by atoms with Crippen molar-refractivity contribution in [1.29, 1.82) is 0 Å². The molecule has 10 nitrogen and oxygen atoms in total. The van der Waals surface area contributed by atoms with Gasteiger partial charge < -0.3 is 19.7 Å². The summed E-state index contributed by atoms with van der Waals surface area (Å²) in [7, 11) is 1.87. The highest BCUT2D eigenvalue weighted by atomic mass is 35.5. The van der Waals surface area contributed by atoms with Crippen LogP contribution in [0, 0.1) is 12.7 Å². The van der Waals surface area contributed by atoms with Gasteiger partial charge in [-0.15, -0.1) is 0 Å². The summed E-state index contributed by atoms with van der Waals surface area (Å²) in [5.74, 6) is -0.967. The highest BCUT2D eigenvalue weighted by Gasteiger charge is 2.42. The number of pyridine rings is 1. The van der Waals surface area contributed by atoms with Gasteiger partial charge >= 0.3 is 0 Å². The Bertz CT molecular complexity index is 2220. The quantitative estimate of drug-likeness (QED) is 0.206. The second-order valence-corrected chi connectivity index (χ2v) is 14.3. The number of hydrogen-bond acceptors (Lipinski definition) is 7. The minimum absolute atomic E-state index is 0.0956. The van der Waals surface area contributed by atoms with Gasteiger partial charge in [0.2, 0.25) is 5.91 Å². The van der Waals surface area contributed by atoms with Crippen molar-refractivity contribution < 1.29 is 9.18 Å². The van der Waals surface area contributed by atoms with Gasteiger partial charge in [0, 0.05) is 49.2 Å². The fraction of sp³-hybridized carbons (Fsp3) is 0.378. The molecule has 2 atom stereocenters. The lowest BCUT2D eigenvalue weighted by atomic mass is 9.93. The molecule has 7 rings (SSSR count). The Morgan fingerprint density at radius 3 is 2.39 bits per heavy atom. The molecule has 0 aliphatic carbocycles. The van der Waals surface area contributed by atoms with Crippen molar-refractivity contribution in [2.75, 3.05) is 36.5 Å². The number of likely N-dealkylation sites (N-methyl/N-ethyl adjacent to an activating group) is 1. The van der Waals surface area contributed by atoms with E-state index in [2.05, 4.69) is 31.4 Å². The number of aromatic nitrogens is 5. The number of imidazole rings is 1. The summed E-state index contributed by atoms with van der Waals surface area (Å²) in [5.41, 5.74) is 5.36. The molecule has 0 radical (unpaired) electrons. The number of H-pyrrole nitrogens is 1. The molecule has 2 aliphatic heterocycles. The fourth-order valence-corrected chi connectivity index (χ4v) is 8.01. The van der Waals surface area contributed by atoms with Crippen LogP contribution in [0.2, 0.25) is 5.02 Å². The van der Waals surface area contributed by atoms with Crippen molar-refractivity contribution in [1.82, 2.24) is 29.4 Å². The molecule has 1 amide bonds. The van der Waals surface area contributed by atoms with E-state index in [9.17, 15) is 4.79 Å². The topological polar surface area (TPSA) is 103 Å². The number of aromatic amines is 1. The first-order valence-electron chi connectivity index (χ1n) is 16.6. The van der Waals surface area contributed by atoms with Crippen LogP contribution in [-0.4, -0.2) is 74.1 Å². The van der Waals surface area contributed by atoms with E-state index in [1.807, 2.05) is 65.6 Å². The van der Waals surface area contributed by atoms with Gasteiger partial charge in [-0.25, -0.2) is 19.3 Å². The van der Waals surface area contributed by atoms with E-state index in [0.717, 1.165) is 11.1 Å². The molecule has 0 spiro atoms. The Kier molecular flexibility index (Phi) is 8.01. The summed E-state index contributed by atoms with van der Waals surface area (Å²) in [6.45, 7) is 16.9. The fourth-order valence-electron chi connectivity index (χ4n) is 7.73. The Balaban J connectivity index is 1.65. The molecule has 3 aromatic heterocycles. The van der Waals surface area contributed by atoms with Crippen molar-refractivity contribution >= 4 is 50.8 Å². The number of nitrogens with zero attached hydrogens (tertiary/aromatic N) is 7. The van der Waals surface area contributed by atoms with Gasteiger partial charge in [0.05, 0.1) is 56.7 Å². The summed E-state index contributed by atoms with van der Waals surface area (Å²) in [6, 6.07) is 5.25. The first kappa shape index (κ1) is 32.8. The lowest BCUT2D eigenvalue weighted by Gasteiger charge is -2.51. The van der Waals surface area contributed by atoms with Crippen LogP contribution in [0.1, 0.15) is 63.4 Å². The van der Waals surface area contributed by atoms with Crippen LogP contribution in [0.15, 0.2) is 48.3 Å². The number of amides is 1. The van der Waals surface area contributed by atoms with Crippen LogP contribution in [0.25, 0.3) is 38.8 Å². The maximum atomic E-state index is 18.0. The van der Waals surface area contributed by atoms with Crippen molar-refractivity contribution in [3.63, 3.8) is 0 Å². The zero-order valence-electron chi connectivity index (χ0n) is 28.8. The molecule has 254 valence electrons. The van der Waals surface area contributed by atoms with Gasteiger partial charge in [-0.05, 0) is 49.5 Å². The van der Waals surface area contributed by atoms with Crippen LogP contribution in [0.4, 0.5) is 15.8 Å². The molecular weight excluding hydrogens is 643 g/mol. The monoisotopic (exact) mass is 682 g/mol. The molecule has 1 N–H and O–H groups in total. The minimum Gasteiger partial charge on any atom is -0.366 e. The van der Waals surface area contributed by atoms with Gasteiger partial charge in [-0.1, -0.05) is 51.9 Å². The van der Waals surface area contributed by atoms with E-state index >= 15 is 9.18 Å². The van der Waals surface area contributed by atoms with Crippen molar-refractivity contribution in [2.24, 2.45) is 0 Å². The number of aryl methyl sites for hydroxylation is 1. The average molecular weight is 683 g/mol. The predicted octanol–water partition coefficient (Wildman–Crippen LogP) is 6.71. The third-order valence-corrected chi connectivity index (χ3v) is 10.3. The highest BCUT2D eigenvalue weighted by Crippen LogP contribution is 2.47. The molecule has 1 saturated heterocycles. The van der Waals surface area contributed by atoms with E-state index < -0.39 is 5.82 Å². The maximum absolute atomic E-state index is 18.0. The third kappa shape index (κ3) is 4.92. The highest BCUT2D eigenvalue weighted by molar-refractivity contribution is 6.35. The smallest absolute Gasteiger partial charge is 0.281 e. The van der Waals surface area contributed by atoms with E-state index in [4.69, 9.17) is 11.6 Å². The van der Waals surface area contributed by atoms with E-state index in [1.54, 1.807) is 17.3 Å². The molecule has 1 fully saturated rings. The normalized spacial score (nSPS) is 17.7. The summed E-state index contributed by atoms with van der Waals surface area (Å²) in [6.07, 6.45) is 4.42. The minimum atomic E-state index is -0.632. The second-order valence-electron chi connectivity index (χ2n) is 13.9. The average Bonchev–Trinajstić information content (AvgIpc) is 3.54. The zero-order chi connectivity index (χ0) is 35.0. The van der Waals surface area contributed by atoms with Crippen LogP contribution in [0.5, 0.6) is 0 Å². The van der Waals surface area contributed by atoms with Crippen molar-refractivity contribution in [3.8, 4) is 16.8 Å². The third-order valence-electron chi connectivity index (χ3n) is 10.00. The lowest BCUT2D eigenvalue weighted by Crippen LogP contribution is -2.64. The summed E-state index contributed by atoms with van der Waals surface area (Å²) in [5, 5.41) is 0.694. The number of benzene rings is 2. The maximum Gasteiger partial charge on any atom is 0.281 e. The van der Waals surface area contributed by atoms with Crippen LogP contribution in [0.3, 0.4) is 0 Å². The number of anilines is 2. The van der Waals surface area contributed by atoms with Crippen molar-refractivity contribution in [3.05, 3.63) is 81.7 Å².